The van der Waals surface area contributed by atoms with Crippen LogP contribution in [-0.2, 0) is 4.79 Å². The number of hydrogen-bond acceptors (Lipinski definition) is 3. The van der Waals surface area contributed by atoms with Crippen LogP contribution < -0.4 is 15.8 Å². The molecule has 94 valence electrons. The van der Waals surface area contributed by atoms with Crippen molar-refractivity contribution >= 4 is 11.6 Å². The number of carbonyl (C=O) groups is 1. The van der Waals surface area contributed by atoms with Crippen molar-refractivity contribution < 1.29 is 9.53 Å². The topological polar surface area (TPSA) is 64.3 Å². The second kappa shape index (κ2) is 6.91. The molecule has 1 aromatic rings. The Bertz CT molecular complexity index is 362. The number of ether oxygens (including phenoxy) is 1. The maximum atomic E-state index is 11.9. The summed E-state index contributed by atoms with van der Waals surface area (Å²) in [5.74, 6) is 0.488. The number of benzene rings is 1. The van der Waals surface area contributed by atoms with Crippen LogP contribution >= 0.6 is 0 Å². The normalized spacial score (nSPS) is 11.9. The molecule has 0 fully saturated rings. The van der Waals surface area contributed by atoms with E-state index in [4.69, 9.17) is 10.5 Å². The Labute approximate surface area is 102 Å². The molecule has 0 spiro atoms. The first-order chi connectivity index (χ1) is 8.22. The van der Waals surface area contributed by atoms with Gasteiger partial charge in [-0.2, -0.15) is 0 Å². The fourth-order valence-corrected chi connectivity index (χ4v) is 1.55. The summed E-state index contributed by atoms with van der Waals surface area (Å²) in [5, 5.41) is 2.85. The lowest BCUT2D eigenvalue weighted by atomic mass is 10.1. The molecule has 4 nitrogen and oxygen atoms in total. The van der Waals surface area contributed by atoms with Crippen molar-refractivity contribution in [3.8, 4) is 5.75 Å². The number of amides is 1. The van der Waals surface area contributed by atoms with Gasteiger partial charge in [-0.05, 0) is 25.5 Å². The number of para-hydroxylation sites is 2. The van der Waals surface area contributed by atoms with E-state index in [0.717, 1.165) is 6.42 Å². The molecule has 1 atom stereocenters. The first-order valence-corrected chi connectivity index (χ1v) is 5.95. The highest BCUT2D eigenvalue weighted by atomic mass is 16.5. The Morgan fingerprint density at radius 3 is 2.71 bits per heavy atom. The third-order valence-electron chi connectivity index (χ3n) is 2.59. The average Bonchev–Trinajstić information content (AvgIpc) is 2.33. The van der Waals surface area contributed by atoms with Crippen molar-refractivity contribution in [3.05, 3.63) is 24.3 Å². The molecule has 4 heteroatoms. The predicted molar refractivity (Wildman–Crippen MR) is 69.1 cm³/mol. The predicted octanol–water partition coefficient (Wildman–Crippen LogP) is 2.01. The zero-order valence-corrected chi connectivity index (χ0v) is 10.4. The van der Waals surface area contributed by atoms with Gasteiger partial charge in [-0.25, -0.2) is 0 Å². The molecule has 0 aliphatic rings. The molecule has 0 saturated carbocycles. The van der Waals surface area contributed by atoms with E-state index < -0.39 is 0 Å². The number of hydrogen-bond donors (Lipinski definition) is 2. The summed E-state index contributed by atoms with van der Waals surface area (Å²) in [6.07, 6.45) is 0.735. The third-order valence-corrected chi connectivity index (χ3v) is 2.59. The van der Waals surface area contributed by atoms with Gasteiger partial charge in [0.1, 0.15) is 5.75 Å². The minimum Gasteiger partial charge on any atom is -0.492 e. The quantitative estimate of drug-likeness (QED) is 0.794. The van der Waals surface area contributed by atoms with Crippen LogP contribution in [0.15, 0.2) is 24.3 Å². The average molecular weight is 236 g/mol. The van der Waals surface area contributed by atoms with Gasteiger partial charge in [0.05, 0.1) is 18.2 Å². The van der Waals surface area contributed by atoms with E-state index in [-0.39, 0.29) is 11.8 Å². The van der Waals surface area contributed by atoms with E-state index in [2.05, 4.69) is 5.32 Å². The standard InChI is InChI=1S/C13H20N2O2/c1-3-10(9-14)13(16)15-11-7-5-6-8-12(11)17-4-2/h5-8,10H,3-4,9,14H2,1-2H3,(H,15,16). The van der Waals surface area contributed by atoms with Crippen molar-refractivity contribution in [1.29, 1.82) is 0 Å². The van der Waals surface area contributed by atoms with Crippen LogP contribution in [0.3, 0.4) is 0 Å². The van der Waals surface area contributed by atoms with E-state index in [9.17, 15) is 4.79 Å². The molecule has 1 aromatic carbocycles. The van der Waals surface area contributed by atoms with Gasteiger partial charge in [0.15, 0.2) is 0 Å². The second-order valence-electron chi connectivity index (χ2n) is 3.76. The lowest BCUT2D eigenvalue weighted by molar-refractivity contribution is -0.119. The lowest BCUT2D eigenvalue weighted by Gasteiger charge is -2.15. The van der Waals surface area contributed by atoms with Crippen LogP contribution in [0.5, 0.6) is 5.75 Å². The largest absolute Gasteiger partial charge is 0.492 e. The zero-order chi connectivity index (χ0) is 12.7. The van der Waals surface area contributed by atoms with Gasteiger partial charge in [0.2, 0.25) is 5.91 Å². The Morgan fingerprint density at radius 1 is 1.41 bits per heavy atom. The van der Waals surface area contributed by atoms with E-state index in [1.165, 1.54) is 0 Å². The molecule has 1 rings (SSSR count). The maximum absolute atomic E-state index is 11.9. The summed E-state index contributed by atoms with van der Waals surface area (Å²) in [6.45, 7) is 4.79. The SMILES string of the molecule is CCOc1ccccc1NC(=O)C(CC)CN. The minimum atomic E-state index is -0.148. The summed E-state index contributed by atoms with van der Waals surface area (Å²) in [6, 6.07) is 7.40. The lowest BCUT2D eigenvalue weighted by Crippen LogP contribution is -2.28. The Balaban J connectivity index is 2.76. The molecule has 0 radical (unpaired) electrons. The summed E-state index contributed by atoms with van der Waals surface area (Å²) < 4.78 is 5.44. The Kier molecular flexibility index (Phi) is 5.49. The van der Waals surface area contributed by atoms with Crippen molar-refractivity contribution in [3.63, 3.8) is 0 Å². The molecule has 0 saturated heterocycles. The number of nitrogens with two attached hydrogens (primary N) is 1. The minimum absolute atomic E-state index is 0.0536. The molecule has 0 aromatic heterocycles. The fourth-order valence-electron chi connectivity index (χ4n) is 1.55. The van der Waals surface area contributed by atoms with Crippen molar-refractivity contribution in [2.75, 3.05) is 18.5 Å². The van der Waals surface area contributed by atoms with Crippen LogP contribution in [0, 0.1) is 5.92 Å². The van der Waals surface area contributed by atoms with E-state index in [1.54, 1.807) is 0 Å². The molecular weight excluding hydrogens is 216 g/mol. The first-order valence-electron chi connectivity index (χ1n) is 5.95. The Morgan fingerprint density at radius 2 is 2.12 bits per heavy atom. The van der Waals surface area contributed by atoms with Crippen molar-refractivity contribution in [2.24, 2.45) is 11.7 Å². The number of carbonyl (C=O) groups excluding carboxylic acids is 1. The monoisotopic (exact) mass is 236 g/mol. The van der Waals surface area contributed by atoms with Gasteiger partial charge in [0, 0.05) is 6.54 Å². The maximum Gasteiger partial charge on any atom is 0.228 e. The summed E-state index contributed by atoms with van der Waals surface area (Å²) in [5.41, 5.74) is 6.24. The molecular formula is C13H20N2O2. The fraction of sp³-hybridized carbons (Fsp3) is 0.462. The van der Waals surface area contributed by atoms with E-state index in [0.29, 0.717) is 24.6 Å². The van der Waals surface area contributed by atoms with Gasteiger partial charge in [-0.3, -0.25) is 4.79 Å². The van der Waals surface area contributed by atoms with Crippen LogP contribution in [0.2, 0.25) is 0 Å². The number of nitrogens with one attached hydrogen (secondary N) is 1. The van der Waals surface area contributed by atoms with Crippen LogP contribution in [0.25, 0.3) is 0 Å². The number of anilines is 1. The highest BCUT2D eigenvalue weighted by Gasteiger charge is 2.15. The molecule has 1 unspecified atom stereocenters. The molecule has 1 amide bonds. The molecule has 3 N–H and O–H groups in total. The van der Waals surface area contributed by atoms with Crippen LogP contribution in [0.1, 0.15) is 20.3 Å². The van der Waals surface area contributed by atoms with Gasteiger partial charge < -0.3 is 15.8 Å². The highest BCUT2D eigenvalue weighted by Crippen LogP contribution is 2.24. The van der Waals surface area contributed by atoms with E-state index >= 15 is 0 Å². The second-order valence-corrected chi connectivity index (χ2v) is 3.76. The van der Waals surface area contributed by atoms with E-state index in [1.807, 2.05) is 38.1 Å². The molecule has 0 aliphatic heterocycles. The van der Waals surface area contributed by atoms with Crippen LogP contribution in [-0.4, -0.2) is 19.1 Å². The van der Waals surface area contributed by atoms with Crippen LogP contribution in [0.4, 0.5) is 5.69 Å². The third kappa shape index (κ3) is 3.75. The van der Waals surface area contributed by atoms with Crippen molar-refractivity contribution in [2.45, 2.75) is 20.3 Å². The van der Waals surface area contributed by atoms with Gasteiger partial charge in [-0.15, -0.1) is 0 Å². The summed E-state index contributed by atoms with van der Waals surface area (Å²) in [7, 11) is 0. The number of rotatable bonds is 6. The molecule has 17 heavy (non-hydrogen) atoms. The highest BCUT2D eigenvalue weighted by molar-refractivity contribution is 5.94. The van der Waals surface area contributed by atoms with Gasteiger partial charge in [0.25, 0.3) is 0 Å². The zero-order valence-electron chi connectivity index (χ0n) is 10.4. The summed E-state index contributed by atoms with van der Waals surface area (Å²) >= 11 is 0. The smallest absolute Gasteiger partial charge is 0.228 e. The molecule has 0 bridgehead atoms. The van der Waals surface area contributed by atoms with Crippen molar-refractivity contribution in [1.82, 2.24) is 0 Å². The van der Waals surface area contributed by atoms with Gasteiger partial charge in [-0.1, -0.05) is 19.1 Å². The molecule has 0 aliphatic carbocycles. The Hall–Kier alpha value is -1.55. The molecule has 0 heterocycles. The summed E-state index contributed by atoms with van der Waals surface area (Å²) in [4.78, 5) is 11.9. The first kappa shape index (κ1) is 13.5. The van der Waals surface area contributed by atoms with Gasteiger partial charge >= 0.3 is 0 Å².